The van der Waals surface area contributed by atoms with E-state index in [1.54, 1.807) is 12.1 Å². The van der Waals surface area contributed by atoms with Crippen LogP contribution >= 0.6 is 15.9 Å². The first-order valence-corrected chi connectivity index (χ1v) is 14.0. The summed E-state index contributed by atoms with van der Waals surface area (Å²) in [5, 5.41) is 3.17. The third kappa shape index (κ3) is 6.61. The summed E-state index contributed by atoms with van der Waals surface area (Å²) in [4.78, 5) is 17.9. The third-order valence-corrected chi connectivity index (χ3v) is 8.10. The number of benzene rings is 2. The van der Waals surface area contributed by atoms with Crippen LogP contribution in [0.3, 0.4) is 0 Å². The normalized spacial score (nSPS) is 21.8. The Hall–Kier alpha value is -3.11. The molecule has 212 valence electrons. The third-order valence-electron chi connectivity index (χ3n) is 7.69. The predicted octanol–water partition coefficient (Wildman–Crippen LogP) is 6.81. The number of hydrogen-bond donors (Lipinski definition) is 1. The van der Waals surface area contributed by atoms with E-state index in [1.807, 2.05) is 30.3 Å². The Balaban J connectivity index is 1.22. The number of amides is 1. The smallest absolute Gasteiger partial charge is 0.416 e. The van der Waals surface area contributed by atoms with Gasteiger partial charge in [0.1, 0.15) is 11.2 Å². The number of fused-ring (bicyclic) bond motifs is 2. The molecule has 3 aromatic rings. The maximum absolute atomic E-state index is 13.5. The van der Waals surface area contributed by atoms with Gasteiger partial charge in [-0.05, 0) is 76.2 Å². The second-order valence-electron chi connectivity index (χ2n) is 10.4. The zero-order chi connectivity index (χ0) is 28.3. The van der Waals surface area contributed by atoms with Crippen LogP contribution in [0.1, 0.15) is 46.4 Å². The van der Waals surface area contributed by atoms with Gasteiger partial charge in [0.25, 0.3) is 5.91 Å². The zero-order valence-electron chi connectivity index (χ0n) is 21.9. The molecule has 0 spiro atoms. The highest BCUT2D eigenvalue weighted by molar-refractivity contribution is 9.10. The molecule has 5 rings (SSSR count). The van der Waals surface area contributed by atoms with E-state index >= 15 is 0 Å². The molecule has 4 atom stereocenters. The fraction of sp³-hybridized carbons (Fsp3) is 0.400. The van der Waals surface area contributed by atoms with Crippen LogP contribution in [0.2, 0.25) is 0 Å². The van der Waals surface area contributed by atoms with Crippen LogP contribution in [-0.4, -0.2) is 30.6 Å². The van der Waals surface area contributed by atoms with Gasteiger partial charge in [-0.3, -0.25) is 4.79 Å². The molecule has 2 aliphatic rings. The van der Waals surface area contributed by atoms with E-state index in [2.05, 4.69) is 26.2 Å². The molecule has 2 saturated carbocycles. The highest BCUT2D eigenvalue weighted by Gasteiger charge is 2.47. The van der Waals surface area contributed by atoms with Gasteiger partial charge < -0.3 is 19.5 Å². The van der Waals surface area contributed by atoms with Crippen molar-refractivity contribution in [2.75, 3.05) is 13.7 Å². The monoisotopic (exact) mass is 618 g/mol. The number of nitrogens with zero attached hydrogens (tertiary/aromatic N) is 1. The van der Waals surface area contributed by atoms with Gasteiger partial charge in [0.05, 0.1) is 25.9 Å². The van der Waals surface area contributed by atoms with Gasteiger partial charge in [0.15, 0.2) is 17.2 Å². The van der Waals surface area contributed by atoms with E-state index < -0.39 is 11.7 Å². The highest BCUT2D eigenvalue weighted by atomic mass is 79.9. The first-order valence-electron chi connectivity index (χ1n) is 13.2. The molecule has 6 nitrogen and oxygen atoms in total. The van der Waals surface area contributed by atoms with Crippen molar-refractivity contribution >= 4 is 21.8 Å². The van der Waals surface area contributed by atoms with Crippen LogP contribution in [0, 0.1) is 17.8 Å². The second kappa shape index (κ2) is 12.2. The van der Waals surface area contributed by atoms with Crippen molar-refractivity contribution in [3.05, 3.63) is 87.7 Å². The minimum atomic E-state index is -4.38. The van der Waals surface area contributed by atoms with Crippen LogP contribution in [-0.2, 0) is 24.1 Å². The largest absolute Gasteiger partial charge is 0.493 e. The number of ether oxygens (including phenoxy) is 3. The van der Waals surface area contributed by atoms with E-state index in [4.69, 9.17) is 14.2 Å². The van der Waals surface area contributed by atoms with E-state index in [0.29, 0.717) is 28.4 Å². The van der Waals surface area contributed by atoms with E-state index in [1.165, 1.54) is 13.2 Å². The number of carbonyl (C=O) groups excluding carboxylic acids is 1. The lowest BCUT2D eigenvalue weighted by atomic mass is 9.85. The second-order valence-corrected chi connectivity index (χ2v) is 11.2. The van der Waals surface area contributed by atoms with Gasteiger partial charge >= 0.3 is 6.18 Å². The lowest BCUT2D eigenvalue weighted by molar-refractivity contribution is -0.137. The Morgan fingerprint density at radius 2 is 1.80 bits per heavy atom. The average molecular weight is 619 g/mol. The minimum Gasteiger partial charge on any atom is -0.493 e. The average Bonchev–Trinajstić information content (AvgIpc) is 3.52. The highest BCUT2D eigenvalue weighted by Crippen LogP contribution is 2.49. The number of rotatable bonds is 10. The summed E-state index contributed by atoms with van der Waals surface area (Å²) in [5.41, 5.74) is 0.893. The van der Waals surface area contributed by atoms with Crippen molar-refractivity contribution in [1.82, 2.24) is 10.3 Å². The molecule has 0 aliphatic heterocycles. The summed E-state index contributed by atoms with van der Waals surface area (Å²) in [6.45, 7) is 0.789. The first-order chi connectivity index (χ1) is 19.2. The Bertz CT molecular complexity index is 1340. The van der Waals surface area contributed by atoms with Gasteiger partial charge in [-0.1, -0.05) is 42.5 Å². The number of pyridine rings is 1. The van der Waals surface area contributed by atoms with Crippen LogP contribution in [0.15, 0.2) is 65.3 Å². The predicted molar refractivity (Wildman–Crippen MR) is 146 cm³/mol. The quantitative estimate of drug-likeness (QED) is 0.253. The zero-order valence-corrected chi connectivity index (χ0v) is 23.5. The fourth-order valence-corrected chi connectivity index (χ4v) is 6.30. The standard InChI is InChI=1S/C30H30BrF3N2O4/c1-38-25-14-26(31)36-27(28(25)40-16-18-6-3-2-4-7-18)29(37)35-24-13-20-10-21(23(24)12-20)17-39-15-19-8-5-9-22(11-19)30(32,33)34/h2-9,11,14,20-21,23-24H,10,12-13,15-17H2,1H3,(H,35,37)/t20?,21-,23?,24?/m1/s1. The van der Waals surface area contributed by atoms with Crippen LogP contribution < -0.4 is 14.8 Å². The summed E-state index contributed by atoms with van der Waals surface area (Å²) in [7, 11) is 1.51. The molecule has 0 radical (unpaired) electrons. The number of methoxy groups -OCH3 is 1. The molecule has 1 heterocycles. The molecule has 40 heavy (non-hydrogen) atoms. The Morgan fingerprint density at radius 3 is 2.52 bits per heavy atom. The van der Waals surface area contributed by atoms with Crippen LogP contribution in [0.4, 0.5) is 13.2 Å². The Kier molecular flexibility index (Phi) is 8.65. The van der Waals surface area contributed by atoms with Crippen molar-refractivity contribution in [2.24, 2.45) is 17.8 Å². The molecule has 2 aliphatic carbocycles. The van der Waals surface area contributed by atoms with Crippen molar-refractivity contribution < 1.29 is 32.2 Å². The first kappa shape index (κ1) is 28.4. The molecule has 2 fully saturated rings. The lowest BCUT2D eigenvalue weighted by Gasteiger charge is -2.30. The topological polar surface area (TPSA) is 69.7 Å². The Labute approximate surface area is 239 Å². The summed E-state index contributed by atoms with van der Waals surface area (Å²) in [6, 6.07) is 16.4. The maximum atomic E-state index is 13.5. The van der Waals surface area contributed by atoms with E-state index in [9.17, 15) is 18.0 Å². The van der Waals surface area contributed by atoms with Crippen molar-refractivity contribution in [3.8, 4) is 11.5 Å². The summed E-state index contributed by atoms with van der Waals surface area (Å²) in [6.07, 6.45) is -1.55. The number of nitrogens with one attached hydrogen (secondary N) is 1. The molecule has 3 unspecified atom stereocenters. The fourth-order valence-electron chi connectivity index (χ4n) is 5.91. The maximum Gasteiger partial charge on any atom is 0.416 e. The molecule has 2 aromatic carbocycles. The summed E-state index contributed by atoms with van der Waals surface area (Å²) in [5.74, 6) is 1.24. The molecular weight excluding hydrogens is 589 g/mol. The van der Waals surface area contributed by atoms with Crippen molar-refractivity contribution in [2.45, 2.75) is 44.7 Å². The molecule has 0 saturated heterocycles. The molecule has 1 amide bonds. The van der Waals surface area contributed by atoms with Gasteiger partial charge in [-0.2, -0.15) is 13.2 Å². The number of carbonyl (C=O) groups is 1. The minimum absolute atomic E-state index is 0.0536. The number of hydrogen-bond acceptors (Lipinski definition) is 5. The molecular formula is C30H30BrF3N2O4. The summed E-state index contributed by atoms with van der Waals surface area (Å²) < 4.78 is 56.9. The number of alkyl halides is 3. The molecule has 1 N–H and O–H groups in total. The molecule has 10 heteroatoms. The van der Waals surface area contributed by atoms with Crippen molar-refractivity contribution in [1.29, 1.82) is 0 Å². The van der Waals surface area contributed by atoms with Gasteiger partial charge in [-0.15, -0.1) is 0 Å². The van der Waals surface area contributed by atoms with E-state index in [-0.39, 0.29) is 48.4 Å². The van der Waals surface area contributed by atoms with E-state index in [0.717, 1.165) is 37.0 Å². The summed E-state index contributed by atoms with van der Waals surface area (Å²) >= 11 is 3.36. The molecule has 1 aromatic heterocycles. The van der Waals surface area contributed by atoms with Gasteiger partial charge in [0, 0.05) is 12.1 Å². The number of halogens is 4. The van der Waals surface area contributed by atoms with Crippen LogP contribution in [0.25, 0.3) is 0 Å². The Morgan fingerprint density at radius 1 is 1.02 bits per heavy atom. The lowest BCUT2D eigenvalue weighted by Crippen LogP contribution is -2.42. The molecule has 2 bridgehead atoms. The van der Waals surface area contributed by atoms with Gasteiger partial charge in [-0.25, -0.2) is 4.98 Å². The van der Waals surface area contributed by atoms with Gasteiger partial charge in [0.2, 0.25) is 0 Å². The number of aromatic nitrogens is 1. The van der Waals surface area contributed by atoms with Crippen molar-refractivity contribution in [3.63, 3.8) is 0 Å². The van der Waals surface area contributed by atoms with Crippen LogP contribution in [0.5, 0.6) is 11.5 Å². The SMILES string of the molecule is COc1cc(Br)nc(C(=O)NC2CC3CC2[C@@H](COCc2cccc(C(F)(F)F)c2)C3)c1OCc1ccccc1.